The number of carbonyl (C=O) groups excluding carboxylic acids is 1. The average Bonchev–Trinajstić information content (AvgIpc) is 3.44. The van der Waals surface area contributed by atoms with Gasteiger partial charge in [0.2, 0.25) is 0 Å². The average molecular weight is 578 g/mol. The van der Waals surface area contributed by atoms with Gasteiger partial charge in [0.25, 0.3) is 5.91 Å². The van der Waals surface area contributed by atoms with Gasteiger partial charge in [-0.1, -0.05) is 89.6 Å². The summed E-state index contributed by atoms with van der Waals surface area (Å²) in [5.74, 6) is 1.77. The van der Waals surface area contributed by atoms with Crippen molar-refractivity contribution < 1.29 is 14.3 Å². The van der Waals surface area contributed by atoms with Gasteiger partial charge >= 0.3 is 0 Å². The van der Waals surface area contributed by atoms with E-state index in [4.69, 9.17) is 9.47 Å². The molecule has 0 atom stereocenters. The molecule has 0 aliphatic heterocycles. The van der Waals surface area contributed by atoms with Gasteiger partial charge in [-0.05, 0) is 55.3 Å². The number of aryl methyl sites for hydroxylation is 2. The molecule has 9 heteroatoms. The molecule has 5 aromatic rings. The maximum absolute atomic E-state index is 12.7. The third-order valence-corrected chi connectivity index (χ3v) is 7.32. The minimum Gasteiger partial charge on any atom is -0.493 e. The lowest BCUT2D eigenvalue weighted by atomic mass is 10.1. The van der Waals surface area contributed by atoms with E-state index in [-0.39, 0.29) is 11.7 Å². The number of ether oxygens (including phenoxy) is 2. The van der Waals surface area contributed by atoms with Gasteiger partial charge in [0.05, 0.1) is 19.1 Å². The van der Waals surface area contributed by atoms with E-state index >= 15 is 0 Å². The van der Waals surface area contributed by atoms with E-state index in [0.29, 0.717) is 29.1 Å². The highest BCUT2D eigenvalue weighted by Crippen LogP contribution is 2.29. The maximum Gasteiger partial charge on any atom is 0.250 e. The maximum atomic E-state index is 12.7. The highest BCUT2D eigenvalue weighted by molar-refractivity contribution is 7.99. The van der Waals surface area contributed by atoms with Crippen molar-refractivity contribution >= 4 is 23.9 Å². The van der Waals surface area contributed by atoms with Crippen molar-refractivity contribution in [3.63, 3.8) is 0 Å². The Morgan fingerprint density at radius 3 is 2.33 bits per heavy atom. The van der Waals surface area contributed by atoms with Gasteiger partial charge in [0.15, 0.2) is 22.5 Å². The fourth-order valence-electron chi connectivity index (χ4n) is 4.14. The zero-order valence-corrected chi connectivity index (χ0v) is 24.5. The van der Waals surface area contributed by atoms with E-state index in [1.807, 2.05) is 115 Å². The molecule has 1 amide bonds. The molecule has 0 radical (unpaired) electrons. The smallest absolute Gasteiger partial charge is 0.250 e. The van der Waals surface area contributed by atoms with Crippen molar-refractivity contribution in [2.75, 3.05) is 12.9 Å². The van der Waals surface area contributed by atoms with Crippen LogP contribution in [0.25, 0.3) is 17.1 Å². The largest absolute Gasteiger partial charge is 0.493 e. The van der Waals surface area contributed by atoms with E-state index in [2.05, 4.69) is 20.7 Å². The summed E-state index contributed by atoms with van der Waals surface area (Å²) < 4.78 is 13.4. The molecule has 0 unspecified atom stereocenters. The molecule has 0 saturated heterocycles. The van der Waals surface area contributed by atoms with E-state index in [0.717, 1.165) is 33.5 Å². The van der Waals surface area contributed by atoms with Crippen molar-refractivity contribution in [1.29, 1.82) is 0 Å². The van der Waals surface area contributed by atoms with Crippen LogP contribution in [0, 0.1) is 13.8 Å². The molecule has 0 aliphatic carbocycles. The van der Waals surface area contributed by atoms with E-state index in [9.17, 15) is 4.79 Å². The number of methoxy groups -OCH3 is 1. The molecule has 0 fully saturated rings. The third kappa shape index (κ3) is 7.24. The molecule has 1 heterocycles. The first kappa shape index (κ1) is 28.6. The van der Waals surface area contributed by atoms with Gasteiger partial charge in [-0.15, -0.1) is 10.2 Å². The standard InChI is InChI=1S/C33H31N5O3S/c1-23-9-14-27(15-10-23)32-36-37-33(38(32)28-16-11-24(2)12-17-28)42-22-31(39)35-34-20-26-13-18-29(40-3)30(19-26)41-21-25-7-5-4-6-8-25/h4-20H,21-22H2,1-3H3,(H,35,39). The number of nitrogens with zero attached hydrogens (tertiary/aromatic N) is 4. The Kier molecular flexibility index (Phi) is 9.30. The van der Waals surface area contributed by atoms with Crippen LogP contribution in [-0.2, 0) is 11.4 Å². The topological polar surface area (TPSA) is 90.6 Å². The summed E-state index contributed by atoms with van der Waals surface area (Å²) in [6.07, 6.45) is 1.57. The molecule has 42 heavy (non-hydrogen) atoms. The lowest BCUT2D eigenvalue weighted by Gasteiger charge is -2.11. The summed E-state index contributed by atoms with van der Waals surface area (Å²) >= 11 is 1.30. The van der Waals surface area contributed by atoms with Crippen LogP contribution in [0.5, 0.6) is 11.5 Å². The molecule has 8 nitrogen and oxygen atoms in total. The number of nitrogens with one attached hydrogen (secondary N) is 1. The van der Waals surface area contributed by atoms with Crippen LogP contribution in [0.4, 0.5) is 0 Å². The van der Waals surface area contributed by atoms with E-state index in [1.54, 1.807) is 13.3 Å². The van der Waals surface area contributed by atoms with Crippen molar-refractivity contribution in [2.24, 2.45) is 5.10 Å². The zero-order valence-electron chi connectivity index (χ0n) is 23.7. The molecular formula is C33H31N5O3S. The lowest BCUT2D eigenvalue weighted by molar-refractivity contribution is -0.118. The van der Waals surface area contributed by atoms with Gasteiger partial charge in [0, 0.05) is 11.3 Å². The summed E-state index contributed by atoms with van der Waals surface area (Å²) in [6, 6.07) is 31.6. The summed E-state index contributed by atoms with van der Waals surface area (Å²) in [7, 11) is 1.60. The number of thioether (sulfide) groups is 1. The normalized spacial score (nSPS) is 11.0. The summed E-state index contributed by atoms with van der Waals surface area (Å²) in [5, 5.41) is 13.6. The van der Waals surface area contributed by atoms with Crippen molar-refractivity contribution in [3.8, 4) is 28.6 Å². The number of carbonyl (C=O) groups is 1. The molecule has 0 saturated carbocycles. The molecule has 0 aliphatic rings. The summed E-state index contributed by atoms with van der Waals surface area (Å²) in [6.45, 7) is 4.50. The zero-order chi connectivity index (χ0) is 29.3. The van der Waals surface area contributed by atoms with E-state index in [1.165, 1.54) is 11.8 Å². The number of amides is 1. The monoisotopic (exact) mass is 577 g/mol. The SMILES string of the molecule is COc1ccc(C=NNC(=O)CSc2nnc(-c3ccc(C)cc3)n2-c2ccc(C)cc2)cc1OCc1ccccc1. The predicted molar refractivity (Wildman–Crippen MR) is 166 cm³/mol. The minimum absolute atomic E-state index is 0.114. The van der Waals surface area contributed by atoms with Gasteiger partial charge < -0.3 is 9.47 Å². The van der Waals surface area contributed by atoms with Gasteiger partial charge in [-0.2, -0.15) is 5.10 Å². The quantitative estimate of drug-likeness (QED) is 0.111. The number of benzene rings is 4. The first-order valence-corrected chi connectivity index (χ1v) is 14.4. The minimum atomic E-state index is -0.263. The predicted octanol–water partition coefficient (Wildman–Crippen LogP) is 6.38. The number of aromatic nitrogens is 3. The number of hydrogen-bond acceptors (Lipinski definition) is 7. The number of hydrazone groups is 1. The first-order chi connectivity index (χ1) is 20.5. The fraction of sp³-hybridized carbons (Fsp3) is 0.152. The molecule has 0 bridgehead atoms. The Labute approximate surface area is 249 Å². The second-order valence-electron chi connectivity index (χ2n) is 9.61. The second-order valence-corrected chi connectivity index (χ2v) is 10.6. The van der Waals surface area contributed by atoms with Crippen molar-refractivity contribution in [1.82, 2.24) is 20.2 Å². The summed E-state index contributed by atoms with van der Waals surface area (Å²) in [5.41, 5.74) is 8.59. The molecule has 5 rings (SSSR count). The van der Waals surface area contributed by atoms with Crippen molar-refractivity contribution in [3.05, 3.63) is 119 Å². The molecule has 212 valence electrons. The lowest BCUT2D eigenvalue weighted by Crippen LogP contribution is -2.20. The van der Waals surface area contributed by atoms with Crippen LogP contribution in [0.3, 0.4) is 0 Å². The Bertz CT molecular complexity index is 1670. The Balaban J connectivity index is 1.24. The highest BCUT2D eigenvalue weighted by Gasteiger charge is 2.17. The van der Waals surface area contributed by atoms with Crippen LogP contribution >= 0.6 is 11.8 Å². The van der Waals surface area contributed by atoms with Crippen LogP contribution in [0.15, 0.2) is 107 Å². The molecule has 1 aromatic heterocycles. The van der Waals surface area contributed by atoms with Gasteiger partial charge in [0.1, 0.15) is 6.61 Å². The Hall–Kier alpha value is -4.89. The Morgan fingerprint density at radius 2 is 1.62 bits per heavy atom. The molecule has 1 N–H and O–H groups in total. The summed E-state index contributed by atoms with van der Waals surface area (Å²) in [4.78, 5) is 12.7. The van der Waals surface area contributed by atoms with Gasteiger partial charge in [-0.3, -0.25) is 9.36 Å². The molecule has 0 spiro atoms. The van der Waals surface area contributed by atoms with E-state index < -0.39 is 0 Å². The number of rotatable bonds is 11. The number of hydrogen-bond donors (Lipinski definition) is 1. The Morgan fingerprint density at radius 1 is 0.905 bits per heavy atom. The molecular weight excluding hydrogens is 546 g/mol. The van der Waals surface area contributed by atoms with Crippen LogP contribution in [0.1, 0.15) is 22.3 Å². The highest BCUT2D eigenvalue weighted by atomic mass is 32.2. The third-order valence-electron chi connectivity index (χ3n) is 6.40. The van der Waals surface area contributed by atoms with Gasteiger partial charge in [-0.25, -0.2) is 5.43 Å². The fourth-order valence-corrected chi connectivity index (χ4v) is 4.89. The first-order valence-electron chi connectivity index (χ1n) is 13.4. The van der Waals surface area contributed by atoms with Crippen LogP contribution in [-0.4, -0.2) is 39.7 Å². The molecule has 4 aromatic carbocycles. The van der Waals surface area contributed by atoms with Crippen molar-refractivity contribution in [2.45, 2.75) is 25.6 Å². The van der Waals surface area contributed by atoms with Crippen LogP contribution in [0.2, 0.25) is 0 Å². The second kappa shape index (κ2) is 13.6. The van der Waals surface area contributed by atoms with Crippen LogP contribution < -0.4 is 14.9 Å².